The van der Waals surface area contributed by atoms with Crippen molar-refractivity contribution >= 4 is 65.1 Å². The number of carbonyl (C=O) groups is 1. The van der Waals surface area contributed by atoms with Gasteiger partial charge in [0.25, 0.3) is 0 Å². The summed E-state index contributed by atoms with van der Waals surface area (Å²) in [5.74, 6) is -0.378. The molecule has 250 valence electrons. The number of nitrogens with zero attached hydrogens (tertiary/aromatic N) is 5. The molecule has 2 aromatic heterocycles. The van der Waals surface area contributed by atoms with Crippen molar-refractivity contribution in [2.45, 2.75) is 58.8 Å². The van der Waals surface area contributed by atoms with E-state index in [1.165, 1.54) is 0 Å². The van der Waals surface area contributed by atoms with Gasteiger partial charge in [-0.25, -0.2) is 9.38 Å². The van der Waals surface area contributed by atoms with Crippen LogP contribution in [0.25, 0.3) is 21.3 Å². The van der Waals surface area contributed by atoms with E-state index in [4.69, 9.17) is 20.2 Å². The molecule has 4 N–H and O–H groups in total. The number of anilines is 2. The van der Waals surface area contributed by atoms with Gasteiger partial charge in [-0.3, -0.25) is 14.8 Å². The Bertz CT molecular complexity index is 1770. The van der Waals surface area contributed by atoms with E-state index in [9.17, 15) is 14.4 Å². The highest BCUT2D eigenvalue weighted by Crippen LogP contribution is 2.47. The summed E-state index contributed by atoms with van der Waals surface area (Å²) in [4.78, 5) is 28.5. The monoisotopic (exact) mass is 680 g/mol. The van der Waals surface area contributed by atoms with E-state index < -0.39 is 11.9 Å². The van der Waals surface area contributed by atoms with Crippen LogP contribution >= 0.6 is 20.6 Å². The van der Waals surface area contributed by atoms with Crippen molar-refractivity contribution < 1.29 is 18.7 Å². The summed E-state index contributed by atoms with van der Waals surface area (Å²) in [7, 11) is 6.90. The Balaban J connectivity index is 0.00000213. The van der Waals surface area contributed by atoms with Gasteiger partial charge < -0.3 is 30.7 Å². The standard InChI is InChI=1S/C31H36FN8O3PS.C2H6/c1-35-29(39-20-5-4-8-36-30(20)41)23-18-12-42-11-17(18)21(24-22-16(9-33)28(34)45-27(22)19(32)10-37-24)26(44)25(23)38-15-43-14-31(6-7-31)13-40(2)3;1-2/h10,20,38H,1,4-8,11-15,34,44H2,2-3H3,(H,36,41);1-2H3. The predicted octanol–water partition coefficient (Wildman–Crippen LogP) is 4.57. The van der Waals surface area contributed by atoms with Crippen LogP contribution in [0.3, 0.4) is 0 Å². The Kier molecular flexibility index (Phi) is 10.9. The summed E-state index contributed by atoms with van der Waals surface area (Å²) in [5.41, 5.74) is 10.5. The van der Waals surface area contributed by atoms with Gasteiger partial charge in [-0.1, -0.05) is 13.8 Å². The molecule has 0 radical (unpaired) electrons. The Morgan fingerprint density at radius 3 is 2.79 bits per heavy atom. The summed E-state index contributed by atoms with van der Waals surface area (Å²) in [6.07, 6.45) is 4.80. The van der Waals surface area contributed by atoms with E-state index in [0.29, 0.717) is 58.6 Å². The molecule has 3 aromatic rings. The van der Waals surface area contributed by atoms with E-state index >= 15 is 0 Å². The largest absolute Gasteiger partial charge is 0.389 e. The van der Waals surface area contributed by atoms with Crippen LogP contribution in [0.2, 0.25) is 0 Å². The number of nitrogens with two attached hydrogens (primary N) is 1. The molecule has 2 fully saturated rings. The molecule has 11 nitrogen and oxygen atoms in total. The number of pyridine rings is 1. The average Bonchev–Trinajstić information content (AvgIpc) is 3.47. The Morgan fingerprint density at radius 2 is 2.13 bits per heavy atom. The molecule has 3 aliphatic rings. The number of hydrogen-bond donors (Lipinski definition) is 3. The Labute approximate surface area is 281 Å². The fourth-order valence-corrected chi connectivity index (χ4v) is 7.81. The Morgan fingerprint density at radius 1 is 1.38 bits per heavy atom. The Hall–Kier alpha value is -3.53. The van der Waals surface area contributed by atoms with Gasteiger partial charge in [-0.2, -0.15) is 5.26 Å². The zero-order valence-corrected chi connectivity index (χ0v) is 29.3. The third-order valence-electron chi connectivity index (χ3n) is 8.57. The number of nitrogen functional groups attached to an aromatic ring is 1. The first-order chi connectivity index (χ1) is 22.7. The van der Waals surface area contributed by atoms with Gasteiger partial charge in [0.2, 0.25) is 5.91 Å². The van der Waals surface area contributed by atoms with Crippen LogP contribution in [0.5, 0.6) is 0 Å². The van der Waals surface area contributed by atoms with Crippen LogP contribution in [-0.2, 0) is 27.5 Å². The number of aliphatic imine (C=N–C) groups is 2. The number of carbonyl (C=O) groups excluding carboxylic acids is 1. The summed E-state index contributed by atoms with van der Waals surface area (Å²) in [5, 5.41) is 17.6. The molecule has 1 aliphatic carbocycles. The lowest BCUT2D eigenvalue weighted by Crippen LogP contribution is -2.39. The maximum Gasteiger partial charge on any atom is 0.244 e. The minimum absolute atomic E-state index is 0.147. The number of rotatable bonds is 10. The number of hydrogen-bond acceptors (Lipinski definition) is 10. The summed E-state index contributed by atoms with van der Waals surface area (Å²) in [6, 6.07) is 1.55. The maximum atomic E-state index is 15.0. The quantitative estimate of drug-likeness (QED) is 0.0928. The number of aromatic nitrogens is 1. The first-order valence-electron chi connectivity index (χ1n) is 15.8. The van der Waals surface area contributed by atoms with E-state index in [0.717, 1.165) is 54.5 Å². The molecule has 47 heavy (non-hydrogen) atoms. The van der Waals surface area contributed by atoms with Gasteiger partial charge in [0.1, 0.15) is 23.8 Å². The van der Waals surface area contributed by atoms with Crippen molar-refractivity contribution in [3.63, 3.8) is 0 Å². The first kappa shape index (κ1) is 34.8. The van der Waals surface area contributed by atoms with Gasteiger partial charge in [0.05, 0.1) is 47.7 Å². The highest BCUT2D eigenvalue weighted by atomic mass is 32.1. The molecule has 0 spiro atoms. The van der Waals surface area contributed by atoms with Crippen LogP contribution in [0.4, 0.5) is 15.1 Å². The van der Waals surface area contributed by atoms with Gasteiger partial charge in [-0.15, -0.1) is 20.6 Å². The van der Waals surface area contributed by atoms with E-state index in [1.54, 1.807) is 0 Å². The molecule has 4 heterocycles. The van der Waals surface area contributed by atoms with Crippen molar-refractivity contribution in [1.29, 1.82) is 5.26 Å². The van der Waals surface area contributed by atoms with Gasteiger partial charge in [0.15, 0.2) is 11.7 Å². The molecular formula is C33H42FN8O3PS. The lowest BCUT2D eigenvalue weighted by molar-refractivity contribution is -0.123. The first-order valence-corrected chi connectivity index (χ1v) is 17.2. The number of piperidine rings is 1. The molecule has 1 amide bonds. The number of benzene rings is 1. The minimum Gasteiger partial charge on any atom is -0.389 e. The summed E-state index contributed by atoms with van der Waals surface area (Å²) in [6.45, 7) is 10.7. The van der Waals surface area contributed by atoms with E-state index in [-0.39, 0.29) is 46.5 Å². The van der Waals surface area contributed by atoms with Crippen LogP contribution in [-0.4, -0.2) is 74.9 Å². The molecule has 1 saturated heterocycles. The van der Waals surface area contributed by atoms with Crippen molar-refractivity contribution in [3.05, 3.63) is 34.3 Å². The average molecular weight is 681 g/mol. The smallest absolute Gasteiger partial charge is 0.244 e. The normalized spacial score (nSPS) is 18.3. The maximum absolute atomic E-state index is 15.0. The van der Waals surface area contributed by atoms with Gasteiger partial charge in [-0.05, 0) is 57.6 Å². The van der Waals surface area contributed by atoms with Crippen molar-refractivity contribution in [2.75, 3.05) is 51.6 Å². The highest BCUT2D eigenvalue weighted by Gasteiger charge is 2.43. The molecule has 1 saturated carbocycles. The second kappa shape index (κ2) is 14.7. The molecule has 0 bridgehead atoms. The zero-order chi connectivity index (χ0) is 33.9. The summed E-state index contributed by atoms with van der Waals surface area (Å²) >= 11 is 1.03. The molecule has 6 rings (SSSR count). The second-order valence-corrected chi connectivity index (χ2v) is 13.7. The minimum atomic E-state index is -0.597. The number of amides is 1. The number of thiophene rings is 1. The lowest BCUT2D eigenvalue weighted by atomic mass is 9.91. The van der Waals surface area contributed by atoms with Crippen molar-refractivity contribution in [1.82, 2.24) is 15.2 Å². The number of nitrogens with one attached hydrogen (secondary N) is 2. The van der Waals surface area contributed by atoms with E-state index in [2.05, 4.69) is 61.6 Å². The van der Waals surface area contributed by atoms with Crippen LogP contribution in [0, 0.1) is 22.6 Å². The molecule has 2 atom stereocenters. The van der Waals surface area contributed by atoms with Crippen molar-refractivity contribution in [2.24, 2.45) is 15.4 Å². The van der Waals surface area contributed by atoms with Gasteiger partial charge >= 0.3 is 0 Å². The summed E-state index contributed by atoms with van der Waals surface area (Å²) < 4.78 is 27.4. The molecule has 14 heteroatoms. The van der Waals surface area contributed by atoms with Crippen LogP contribution in [0.15, 0.2) is 16.2 Å². The van der Waals surface area contributed by atoms with Gasteiger partial charge in [0, 0.05) is 40.3 Å². The third-order valence-corrected chi connectivity index (χ3v) is 10.2. The fraction of sp³-hybridized carbons (Fsp3) is 0.485. The van der Waals surface area contributed by atoms with E-state index in [1.807, 2.05) is 13.8 Å². The second-order valence-electron chi connectivity index (χ2n) is 12.1. The van der Waals surface area contributed by atoms with Crippen molar-refractivity contribution in [3.8, 4) is 17.3 Å². The predicted molar refractivity (Wildman–Crippen MR) is 190 cm³/mol. The molecule has 1 aromatic carbocycles. The highest BCUT2D eigenvalue weighted by molar-refractivity contribution is 7.28. The third kappa shape index (κ3) is 6.89. The molecular weight excluding hydrogens is 638 g/mol. The number of amidine groups is 1. The lowest BCUT2D eigenvalue weighted by Gasteiger charge is -2.24. The molecule has 2 aliphatic heterocycles. The topological polar surface area (TPSA) is 150 Å². The number of ether oxygens (including phenoxy) is 2. The molecule has 2 unspecified atom stereocenters. The van der Waals surface area contributed by atoms with Crippen LogP contribution < -0.4 is 21.7 Å². The number of halogens is 1. The number of nitriles is 1. The van der Waals surface area contributed by atoms with Crippen LogP contribution in [0.1, 0.15) is 61.8 Å². The number of fused-ring (bicyclic) bond motifs is 2. The zero-order valence-electron chi connectivity index (χ0n) is 27.3. The SMILES string of the molecule is C=NC(=NC1CCCNC1=O)c1c2c(c(-c3ncc(F)c4sc(N)c(C#N)c34)c(P)c1NCOCC1(CN(C)C)CC1)COC2.CC. The fourth-order valence-electron chi connectivity index (χ4n) is 6.33.